The van der Waals surface area contributed by atoms with Crippen molar-refractivity contribution in [3.8, 4) is 0 Å². The maximum Gasteiger partial charge on any atom is 0.248 e. The largest absolute Gasteiger partial charge is 0.375 e. The van der Waals surface area contributed by atoms with Gasteiger partial charge in [0.1, 0.15) is 6.61 Å². The average molecular weight is 187 g/mol. The summed E-state index contributed by atoms with van der Waals surface area (Å²) in [5, 5.41) is 3.20. The maximum atomic E-state index is 11.5. The molecule has 1 saturated heterocycles. The molecule has 1 atom stereocenters. The van der Waals surface area contributed by atoms with Crippen LogP contribution in [-0.4, -0.2) is 56.7 Å². The van der Waals surface area contributed by atoms with E-state index in [4.69, 9.17) is 10.5 Å². The Bertz CT molecular complexity index is 175. The van der Waals surface area contributed by atoms with Crippen LogP contribution in [0.2, 0.25) is 0 Å². The summed E-state index contributed by atoms with van der Waals surface area (Å²) in [5.74, 6) is 0.0273. The molecule has 1 fully saturated rings. The number of hydrogen-bond acceptors (Lipinski definition) is 4. The van der Waals surface area contributed by atoms with Crippen LogP contribution in [0.5, 0.6) is 0 Å². The number of carbonyl (C=O) groups is 1. The zero-order chi connectivity index (χ0) is 9.68. The van der Waals surface area contributed by atoms with Crippen LogP contribution < -0.4 is 11.1 Å². The van der Waals surface area contributed by atoms with Crippen molar-refractivity contribution in [1.29, 1.82) is 0 Å². The smallest absolute Gasteiger partial charge is 0.248 e. The van der Waals surface area contributed by atoms with Crippen LogP contribution in [0, 0.1) is 0 Å². The van der Waals surface area contributed by atoms with E-state index >= 15 is 0 Å². The SMILES string of the molecule is COCC(=O)N1CCNCC1CN. The number of methoxy groups -OCH3 is 1. The van der Waals surface area contributed by atoms with Gasteiger partial charge in [-0.1, -0.05) is 0 Å². The Labute approximate surface area is 78.2 Å². The molecular formula is C8H17N3O2. The van der Waals surface area contributed by atoms with E-state index in [-0.39, 0.29) is 18.6 Å². The Morgan fingerprint density at radius 1 is 1.77 bits per heavy atom. The quantitative estimate of drug-likeness (QED) is 0.558. The zero-order valence-corrected chi connectivity index (χ0v) is 7.95. The summed E-state index contributed by atoms with van der Waals surface area (Å²) in [4.78, 5) is 13.3. The first-order valence-corrected chi connectivity index (χ1v) is 4.48. The van der Waals surface area contributed by atoms with Crippen molar-refractivity contribution in [3.63, 3.8) is 0 Å². The number of amides is 1. The van der Waals surface area contributed by atoms with Crippen LogP contribution in [-0.2, 0) is 9.53 Å². The number of nitrogens with zero attached hydrogens (tertiary/aromatic N) is 1. The van der Waals surface area contributed by atoms with Crippen molar-refractivity contribution in [2.75, 3.05) is 39.9 Å². The zero-order valence-electron chi connectivity index (χ0n) is 7.95. The highest BCUT2D eigenvalue weighted by molar-refractivity contribution is 5.78. The fourth-order valence-electron chi connectivity index (χ4n) is 1.51. The van der Waals surface area contributed by atoms with E-state index < -0.39 is 0 Å². The first-order valence-electron chi connectivity index (χ1n) is 4.48. The van der Waals surface area contributed by atoms with Gasteiger partial charge in [0.2, 0.25) is 5.91 Å². The summed E-state index contributed by atoms with van der Waals surface area (Å²) in [6, 6.07) is 0.122. The minimum absolute atomic E-state index is 0.0273. The Morgan fingerprint density at radius 3 is 3.15 bits per heavy atom. The number of rotatable bonds is 3. The highest BCUT2D eigenvalue weighted by atomic mass is 16.5. The molecule has 1 heterocycles. The van der Waals surface area contributed by atoms with Gasteiger partial charge in [0.25, 0.3) is 0 Å². The monoisotopic (exact) mass is 187 g/mol. The minimum Gasteiger partial charge on any atom is -0.375 e. The lowest BCUT2D eigenvalue weighted by Gasteiger charge is -2.35. The molecule has 1 aliphatic heterocycles. The molecule has 0 aromatic heterocycles. The van der Waals surface area contributed by atoms with Crippen molar-refractivity contribution in [2.45, 2.75) is 6.04 Å². The van der Waals surface area contributed by atoms with Gasteiger partial charge in [-0.05, 0) is 0 Å². The van der Waals surface area contributed by atoms with Gasteiger partial charge in [-0.25, -0.2) is 0 Å². The summed E-state index contributed by atoms with van der Waals surface area (Å²) < 4.78 is 4.80. The normalized spacial score (nSPS) is 23.2. The molecule has 5 heteroatoms. The third kappa shape index (κ3) is 2.65. The molecule has 1 rings (SSSR count). The summed E-state index contributed by atoms with van der Waals surface area (Å²) in [7, 11) is 1.53. The number of hydrogen-bond donors (Lipinski definition) is 2. The van der Waals surface area contributed by atoms with E-state index in [2.05, 4.69) is 5.32 Å². The Balaban J connectivity index is 2.48. The maximum absolute atomic E-state index is 11.5. The van der Waals surface area contributed by atoms with Gasteiger partial charge in [0.15, 0.2) is 0 Å². The summed E-state index contributed by atoms with van der Waals surface area (Å²) >= 11 is 0. The van der Waals surface area contributed by atoms with Gasteiger partial charge in [-0.2, -0.15) is 0 Å². The van der Waals surface area contributed by atoms with Crippen LogP contribution in [0.15, 0.2) is 0 Å². The molecule has 3 N–H and O–H groups in total. The lowest BCUT2D eigenvalue weighted by molar-refractivity contribution is -0.138. The third-order valence-corrected chi connectivity index (χ3v) is 2.21. The molecule has 0 aromatic carbocycles. The number of ether oxygens (including phenoxy) is 1. The van der Waals surface area contributed by atoms with Crippen molar-refractivity contribution in [3.05, 3.63) is 0 Å². The molecule has 5 nitrogen and oxygen atoms in total. The Hall–Kier alpha value is -0.650. The molecule has 0 bridgehead atoms. The molecular weight excluding hydrogens is 170 g/mol. The fourth-order valence-corrected chi connectivity index (χ4v) is 1.51. The van der Waals surface area contributed by atoms with Gasteiger partial charge in [0, 0.05) is 33.3 Å². The molecule has 0 saturated carbocycles. The first kappa shape index (κ1) is 10.4. The van der Waals surface area contributed by atoms with Crippen LogP contribution in [0.4, 0.5) is 0 Å². The second-order valence-electron chi connectivity index (χ2n) is 3.11. The molecule has 0 radical (unpaired) electrons. The van der Waals surface area contributed by atoms with E-state index in [1.165, 1.54) is 7.11 Å². The molecule has 1 amide bonds. The average Bonchev–Trinajstić information content (AvgIpc) is 2.18. The molecule has 1 aliphatic rings. The molecule has 76 valence electrons. The predicted octanol–water partition coefficient (Wildman–Crippen LogP) is -1.61. The van der Waals surface area contributed by atoms with E-state index in [0.29, 0.717) is 6.54 Å². The highest BCUT2D eigenvalue weighted by Crippen LogP contribution is 2.02. The van der Waals surface area contributed by atoms with Gasteiger partial charge in [-0.15, -0.1) is 0 Å². The summed E-state index contributed by atoms with van der Waals surface area (Å²) in [6.45, 7) is 3.00. The lowest BCUT2D eigenvalue weighted by atomic mass is 10.2. The van der Waals surface area contributed by atoms with Crippen LogP contribution >= 0.6 is 0 Å². The van der Waals surface area contributed by atoms with Crippen LogP contribution in [0.3, 0.4) is 0 Å². The standard InChI is InChI=1S/C8H17N3O2/c1-13-6-8(12)11-3-2-10-5-7(11)4-9/h7,10H,2-6,9H2,1H3. The van der Waals surface area contributed by atoms with Gasteiger partial charge >= 0.3 is 0 Å². The third-order valence-electron chi connectivity index (χ3n) is 2.21. The van der Waals surface area contributed by atoms with Crippen molar-refractivity contribution >= 4 is 5.91 Å². The Morgan fingerprint density at radius 2 is 2.54 bits per heavy atom. The summed E-state index contributed by atoms with van der Waals surface area (Å²) in [5.41, 5.74) is 5.55. The van der Waals surface area contributed by atoms with Gasteiger partial charge < -0.3 is 20.7 Å². The topological polar surface area (TPSA) is 67.6 Å². The van der Waals surface area contributed by atoms with Crippen molar-refractivity contribution < 1.29 is 9.53 Å². The van der Waals surface area contributed by atoms with E-state index in [0.717, 1.165) is 19.6 Å². The molecule has 1 unspecified atom stereocenters. The second-order valence-corrected chi connectivity index (χ2v) is 3.11. The lowest BCUT2D eigenvalue weighted by Crippen LogP contribution is -2.57. The van der Waals surface area contributed by atoms with Gasteiger partial charge in [0.05, 0.1) is 6.04 Å². The number of nitrogens with one attached hydrogen (secondary N) is 1. The Kier molecular flexibility index (Phi) is 4.14. The van der Waals surface area contributed by atoms with Gasteiger partial charge in [-0.3, -0.25) is 4.79 Å². The van der Waals surface area contributed by atoms with Crippen LogP contribution in [0.1, 0.15) is 0 Å². The predicted molar refractivity (Wildman–Crippen MR) is 49.3 cm³/mol. The summed E-state index contributed by atoms with van der Waals surface area (Å²) in [6.07, 6.45) is 0. The highest BCUT2D eigenvalue weighted by Gasteiger charge is 2.24. The fraction of sp³-hybridized carbons (Fsp3) is 0.875. The number of carbonyl (C=O) groups excluding carboxylic acids is 1. The van der Waals surface area contributed by atoms with E-state index in [1.54, 1.807) is 4.90 Å². The number of piperazine rings is 1. The minimum atomic E-state index is 0.0273. The molecule has 0 aromatic rings. The van der Waals surface area contributed by atoms with Crippen molar-refractivity contribution in [1.82, 2.24) is 10.2 Å². The first-order chi connectivity index (χ1) is 6.29. The second kappa shape index (κ2) is 5.16. The van der Waals surface area contributed by atoms with E-state index in [1.807, 2.05) is 0 Å². The molecule has 13 heavy (non-hydrogen) atoms. The van der Waals surface area contributed by atoms with Crippen LogP contribution in [0.25, 0.3) is 0 Å². The number of nitrogens with two attached hydrogens (primary N) is 1. The van der Waals surface area contributed by atoms with Crippen molar-refractivity contribution in [2.24, 2.45) is 5.73 Å². The molecule has 0 spiro atoms. The van der Waals surface area contributed by atoms with E-state index in [9.17, 15) is 4.79 Å². The molecule has 0 aliphatic carbocycles.